The van der Waals surface area contributed by atoms with E-state index in [1.54, 1.807) is 16.8 Å². The van der Waals surface area contributed by atoms with Gasteiger partial charge in [0.2, 0.25) is 0 Å². The molecule has 0 radical (unpaired) electrons. The van der Waals surface area contributed by atoms with Crippen LogP contribution in [0.25, 0.3) is 28.0 Å². The highest BCUT2D eigenvalue weighted by Crippen LogP contribution is 2.36. The van der Waals surface area contributed by atoms with E-state index in [1.807, 2.05) is 31.4 Å². The van der Waals surface area contributed by atoms with Crippen molar-refractivity contribution in [2.24, 2.45) is 0 Å². The molecule has 8 nitrogen and oxygen atoms in total. The van der Waals surface area contributed by atoms with Crippen molar-refractivity contribution in [1.82, 2.24) is 24.4 Å². The van der Waals surface area contributed by atoms with Crippen molar-refractivity contribution >= 4 is 63.5 Å². The van der Waals surface area contributed by atoms with E-state index >= 15 is 0 Å². The molecule has 1 fully saturated rings. The van der Waals surface area contributed by atoms with Gasteiger partial charge in [-0.05, 0) is 72.8 Å². The molecule has 0 spiro atoms. The van der Waals surface area contributed by atoms with Crippen molar-refractivity contribution in [3.8, 4) is 16.9 Å². The van der Waals surface area contributed by atoms with E-state index in [9.17, 15) is 4.79 Å². The first-order valence-corrected chi connectivity index (χ1v) is 15.4. The lowest BCUT2D eigenvalue weighted by Crippen LogP contribution is -2.52. The van der Waals surface area contributed by atoms with Crippen LogP contribution in [-0.4, -0.2) is 64.2 Å². The molecule has 1 aliphatic rings. The summed E-state index contributed by atoms with van der Waals surface area (Å²) in [4.78, 5) is 33.7. The molecule has 4 heterocycles. The summed E-state index contributed by atoms with van der Waals surface area (Å²) in [5.74, 6) is 0.624. The van der Waals surface area contributed by atoms with Gasteiger partial charge in [0, 0.05) is 53.7 Å². The van der Waals surface area contributed by atoms with E-state index in [4.69, 9.17) is 15.7 Å². The molecule has 1 atom stereocenters. The van der Waals surface area contributed by atoms with Crippen molar-refractivity contribution in [1.29, 1.82) is 0 Å². The zero-order valence-electron chi connectivity index (χ0n) is 24.0. The second-order valence-electron chi connectivity index (χ2n) is 10.4. The van der Waals surface area contributed by atoms with E-state index < -0.39 is 5.69 Å². The Morgan fingerprint density at radius 2 is 1.98 bits per heavy atom. The predicted octanol–water partition coefficient (Wildman–Crippen LogP) is 3.99. The average Bonchev–Trinajstić information content (AvgIpc) is 2.95. The second-order valence-corrected chi connectivity index (χ2v) is 12.0. The number of rotatable bonds is 6. The Kier molecular flexibility index (Phi) is 8.03. The maximum absolute atomic E-state index is 14.0. The lowest BCUT2D eigenvalue weighted by molar-refractivity contribution is 0.291. The van der Waals surface area contributed by atoms with Gasteiger partial charge in [0.05, 0.1) is 16.8 Å². The van der Waals surface area contributed by atoms with E-state index in [0.717, 1.165) is 56.9 Å². The maximum Gasteiger partial charge on any atom is 0.355 e. The first-order valence-electron chi connectivity index (χ1n) is 13.4. The summed E-state index contributed by atoms with van der Waals surface area (Å²) in [5.41, 5.74) is 13.5. The van der Waals surface area contributed by atoms with Crippen molar-refractivity contribution in [2.75, 3.05) is 36.5 Å². The second kappa shape index (κ2) is 11.4. The molecular formula is C30H33BBrN7OS. The molecule has 210 valence electrons. The molecule has 11 heteroatoms. The minimum absolute atomic E-state index is 0.0768. The number of hydrogen-bond acceptors (Lipinski definition) is 8. The summed E-state index contributed by atoms with van der Waals surface area (Å²) in [5, 5.41) is 0.792. The van der Waals surface area contributed by atoms with Crippen molar-refractivity contribution in [2.45, 2.75) is 31.7 Å². The van der Waals surface area contributed by atoms with Crippen LogP contribution in [0.1, 0.15) is 18.1 Å². The number of aryl methyl sites for hydroxylation is 2. The molecule has 1 aliphatic heterocycles. The van der Waals surface area contributed by atoms with Crippen LogP contribution in [0, 0.1) is 13.8 Å². The molecule has 4 aromatic rings. The van der Waals surface area contributed by atoms with E-state index in [-0.39, 0.29) is 6.04 Å². The highest BCUT2D eigenvalue weighted by atomic mass is 79.9. The third-order valence-corrected chi connectivity index (χ3v) is 9.22. The predicted molar refractivity (Wildman–Crippen MR) is 178 cm³/mol. The van der Waals surface area contributed by atoms with E-state index in [2.05, 4.69) is 71.6 Å². The molecule has 1 unspecified atom stereocenters. The smallest absolute Gasteiger partial charge is 0.355 e. The minimum atomic E-state index is -0.419. The third kappa shape index (κ3) is 5.06. The molecular weight excluding hydrogens is 597 g/mol. The van der Waals surface area contributed by atoms with Crippen LogP contribution in [0.4, 0.5) is 11.5 Å². The Hall–Kier alpha value is -3.57. The molecule has 0 bridgehead atoms. The highest BCUT2D eigenvalue weighted by molar-refractivity contribution is 9.10. The molecule has 0 amide bonds. The molecule has 1 aromatic carbocycles. The lowest BCUT2D eigenvalue weighted by atomic mass is 9.83. The molecule has 0 aliphatic carbocycles. The molecule has 41 heavy (non-hydrogen) atoms. The molecule has 5 rings (SSSR count). The van der Waals surface area contributed by atoms with Gasteiger partial charge in [-0.3, -0.25) is 0 Å². The van der Waals surface area contributed by atoms with Crippen molar-refractivity contribution in [3.05, 3.63) is 81.6 Å². The van der Waals surface area contributed by atoms with Gasteiger partial charge in [-0.2, -0.15) is 4.98 Å². The summed E-state index contributed by atoms with van der Waals surface area (Å²) in [6.07, 6.45) is 5.46. The van der Waals surface area contributed by atoms with Crippen LogP contribution in [0.2, 0.25) is 0 Å². The summed E-state index contributed by atoms with van der Waals surface area (Å²) in [6.45, 7) is 16.4. The fraction of sp³-hybridized carbons (Fsp3) is 0.267. The Balaban J connectivity index is 1.83. The number of nitrogens with two attached hydrogens (primary N) is 1. The van der Waals surface area contributed by atoms with Gasteiger partial charge in [-0.15, -0.1) is 11.8 Å². The van der Waals surface area contributed by atoms with Crippen molar-refractivity contribution < 1.29 is 0 Å². The fourth-order valence-electron chi connectivity index (χ4n) is 5.50. The lowest BCUT2D eigenvalue weighted by Gasteiger charge is -2.42. The number of aromatic nitrogens is 4. The summed E-state index contributed by atoms with van der Waals surface area (Å²) in [7, 11) is 2.05. The Morgan fingerprint density at radius 1 is 1.22 bits per heavy atom. The molecule has 1 saturated heterocycles. The highest BCUT2D eigenvalue weighted by Gasteiger charge is 2.29. The quantitative estimate of drug-likeness (QED) is 0.113. The fourth-order valence-corrected chi connectivity index (χ4v) is 6.71. The summed E-state index contributed by atoms with van der Waals surface area (Å²) in [6, 6.07) is 7.98. The number of pyridine rings is 2. The third-order valence-electron chi connectivity index (χ3n) is 7.87. The van der Waals surface area contributed by atoms with Gasteiger partial charge in [-0.1, -0.05) is 30.3 Å². The number of thioether (sulfide) groups is 1. The number of anilines is 2. The Labute approximate surface area is 253 Å². The van der Waals surface area contributed by atoms with Gasteiger partial charge in [-0.25, -0.2) is 19.3 Å². The van der Waals surface area contributed by atoms with Gasteiger partial charge >= 0.3 is 5.69 Å². The molecule has 3 aromatic heterocycles. The molecule has 0 saturated carbocycles. The van der Waals surface area contributed by atoms with Crippen LogP contribution in [0.5, 0.6) is 0 Å². The first kappa shape index (κ1) is 28.9. The summed E-state index contributed by atoms with van der Waals surface area (Å²) >= 11 is 5.13. The number of allylic oxidation sites excluding steroid dienone is 1. The normalized spacial score (nSPS) is 15.4. The summed E-state index contributed by atoms with van der Waals surface area (Å²) < 4.78 is 2.12. The van der Waals surface area contributed by atoms with Crippen LogP contribution in [-0.2, 0) is 0 Å². The average molecular weight is 630 g/mol. The Bertz CT molecular complexity index is 1770. The Morgan fingerprint density at radius 3 is 2.66 bits per heavy atom. The number of benzene rings is 1. The topological polar surface area (TPSA) is 93.2 Å². The SMILES string of the molecule is Bc1c(C)ccc(N)c1-c1nc2c(cc1C)c(N1CCN(C(=C)C=C)CC1C)nc(=O)n2-c1c(SC)ccnc1Br. The van der Waals surface area contributed by atoms with Gasteiger partial charge in [0.15, 0.2) is 5.65 Å². The number of hydrogen-bond donors (Lipinski definition) is 1. The standard InChI is InChI=1S/C30H33BBrN7OS/c1-7-18(4)37-12-13-38(19(5)15-37)28-20-14-17(3)25(23-21(33)9-8-16(2)24(23)31)35-29(20)39(30(40)36-28)26-22(41-6)10-11-34-27(26)32/h7-11,14,19H,1,4,12-13,15,31,33H2,2-3,5-6H3. The first-order chi connectivity index (χ1) is 19.6. The number of piperazine rings is 1. The van der Waals surface area contributed by atoms with Gasteiger partial charge < -0.3 is 15.5 Å². The monoisotopic (exact) mass is 629 g/mol. The van der Waals surface area contributed by atoms with E-state index in [1.165, 1.54) is 11.8 Å². The van der Waals surface area contributed by atoms with Gasteiger partial charge in [0.1, 0.15) is 18.3 Å². The van der Waals surface area contributed by atoms with Crippen LogP contribution in [0.15, 0.2) is 69.7 Å². The largest absolute Gasteiger partial charge is 0.398 e. The number of nitrogen functional groups attached to an aromatic ring is 1. The zero-order valence-corrected chi connectivity index (χ0v) is 26.4. The van der Waals surface area contributed by atoms with E-state index in [0.29, 0.717) is 34.0 Å². The van der Waals surface area contributed by atoms with Crippen molar-refractivity contribution in [3.63, 3.8) is 0 Å². The van der Waals surface area contributed by atoms with Crippen LogP contribution < -0.4 is 21.8 Å². The number of fused-ring (bicyclic) bond motifs is 1. The maximum atomic E-state index is 14.0. The molecule has 2 N–H and O–H groups in total. The van der Waals surface area contributed by atoms with Gasteiger partial charge in [0.25, 0.3) is 0 Å². The zero-order chi connectivity index (χ0) is 29.6. The van der Waals surface area contributed by atoms with Crippen LogP contribution in [0.3, 0.4) is 0 Å². The minimum Gasteiger partial charge on any atom is -0.398 e. The number of halogens is 1. The number of nitrogens with zero attached hydrogens (tertiary/aromatic N) is 6. The van der Waals surface area contributed by atoms with Crippen LogP contribution >= 0.6 is 27.7 Å².